The molecule has 0 aliphatic rings. The van der Waals surface area contributed by atoms with Crippen LogP contribution in [0.3, 0.4) is 0 Å². The average molecular weight is 329 g/mol. The summed E-state index contributed by atoms with van der Waals surface area (Å²) >= 11 is 3.42. The van der Waals surface area contributed by atoms with Crippen molar-refractivity contribution in [2.24, 2.45) is 0 Å². The van der Waals surface area contributed by atoms with Crippen LogP contribution in [0, 0.1) is 0 Å². The minimum Gasteiger partial charge on any atom is -0.377 e. The number of nitrogens with zero attached hydrogens (tertiary/aromatic N) is 1. The van der Waals surface area contributed by atoms with Gasteiger partial charge < -0.3 is 10.1 Å². The normalized spacial score (nSPS) is 14.3. The van der Waals surface area contributed by atoms with Gasteiger partial charge in [0.1, 0.15) is 0 Å². The number of pyridine rings is 1. The number of hydrogen-bond donors (Lipinski definition) is 1. The van der Waals surface area contributed by atoms with Crippen molar-refractivity contribution in [1.82, 2.24) is 10.3 Å². The molecule has 2 atom stereocenters. The Hall–Kier alpha value is -0.450. The van der Waals surface area contributed by atoms with Crippen molar-refractivity contribution < 1.29 is 4.74 Å². The molecular weight excluding hydrogens is 304 g/mol. The van der Waals surface area contributed by atoms with E-state index >= 15 is 0 Å². The van der Waals surface area contributed by atoms with Crippen LogP contribution in [0.1, 0.15) is 39.3 Å². The van der Waals surface area contributed by atoms with Gasteiger partial charge in [0.25, 0.3) is 0 Å². The van der Waals surface area contributed by atoms with Crippen LogP contribution in [0.4, 0.5) is 0 Å². The molecule has 0 aliphatic heterocycles. The number of rotatable bonds is 9. The van der Waals surface area contributed by atoms with Gasteiger partial charge in [-0.15, -0.1) is 0 Å². The van der Waals surface area contributed by atoms with E-state index in [1.54, 1.807) is 0 Å². The molecule has 1 aromatic rings. The van der Waals surface area contributed by atoms with E-state index in [1.807, 2.05) is 12.3 Å². The van der Waals surface area contributed by atoms with Crippen LogP contribution in [-0.4, -0.2) is 30.3 Å². The molecule has 2 unspecified atom stereocenters. The number of hydrogen-bond acceptors (Lipinski definition) is 3. The van der Waals surface area contributed by atoms with Crippen LogP contribution in [0.2, 0.25) is 0 Å². The summed E-state index contributed by atoms with van der Waals surface area (Å²) in [4.78, 5) is 4.46. The van der Waals surface area contributed by atoms with Crippen LogP contribution in [0.15, 0.2) is 22.8 Å². The Balaban J connectivity index is 2.71. The third kappa shape index (κ3) is 6.02. The molecule has 0 aliphatic carbocycles. The van der Waals surface area contributed by atoms with Crippen molar-refractivity contribution in [1.29, 1.82) is 0 Å². The quantitative estimate of drug-likeness (QED) is 0.752. The Bertz CT molecular complexity index is 337. The van der Waals surface area contributed by atoms with Crippen LogP contribution < -0.4 is 5.32 Å². The summed E-state index contributed by atoms with van der Waals surface area (Å²) in [6.07, 6.45) is 5.25. The maximum atomic E-state index is 5.89. The summed E-state index contributed by atoms with van der Waals surface area (Å²) in [5.41, 5.74) is 1.11. The number of aromatic nitrogens is 1. The lowest BCUT2D eigenvalue weighted by Crippen LogP contribution is -2.43. The molecule has 1 aromatic heterocycles. The highest BCUT2D eigenvalue weighted by Gasteiger charge is 2.21. The number of likely N-dealkylation sites (N-methyl/N-ethyl adjacent to an activating group) is 1. The van der Waals surface area contributed by atoms with Gasteiger partial charge in [0.15, 0.2) is 0 Å². The van der Waals surface area contributed by atoms with Crippen LogP contribution in [0.5, 0.6) is 0 Å². The Morgan fingerprint density at radius 3 is 2.63 bits per heavy atom. The molecule has 0 radical (unpaired) electrons. The molecule has 0 spiro atoms. The van der Waals surface area contributed by atoms with Crippen molar-refractivity contribution in [3.63, 3.8) is 0 Å². The van der Waals surface area contributed by atoms with E-state index in [-0.39, 0.29) is 6.10 Å². The number of ether oxygens (including phenoxy) is 1. The smallest absolute Gasteiger partial charge is 0.0731 e. The predicted octanol–water partition coefficient (Wildman–Crippen LogP) is 3.57. The first-order valence-corrected chi connectivity index (χ1v) is 7.95. The molecular formula is C15H25BrN2O. The second-order valence-corrected chi connectivity index (χ2v) is 5.53. The van der Waals surface area contributed by atoms with E-state index < -0.39 is 0 Å². The standard InChI is InChI=1S/C15H25BrN2O/c1-4-7-15(19-6-3)14(17-5-2)10-13-9-8-12(16)11-18-13/h8-9,11,14-15,17H,4-7,10H2,1-3H3. The molecule has 0 amide bonds. The monoisotopic (exact) mass is 328 g/mol. The van der Waals surface area contributed by atoms with Gasteiger partial charge in [0, 0.05) is 35.4 Å². The van der Waals surface area contributed by atoms with E-state index in [9.17, 15) is 0 Å². The molecule has 108 valence electrons. The summed E-state index contributed by atoms with van der Waals surface area (Å²) < 4.78 is 6.91. The van der Waals surface area contributed by atoms with Gasteiger partial charge >= 0.3 is 0 Å². The third-order valence-electron chi connectivity index (χ3n) is 3.09. The van der Waals surface area contributed by atoms with Crippen molar-refractivity contribution in [2.45, 2.75) is 52.2 Å². The fraction of sp³-hybridized carbons (Fsp3) is 0.667. The zero-order valence-electron chi connectivity index (χ0n) is 12.2. The summed E-state index contributed by atoms with van der Waals surface area (Å²) in [7, 11) is 0. The lowest BCUT2D eigenvalue weighted by Gasteiger charge is -2.27. The Labute approximate surface area is 125 Å². The molecule has 1 rings (SSSR count). The minimum atomic E-state index is 0.264. The molecule has 0 saturated heterocycles. The van der Waals surface area contributed by atoms with Crippen LogP contribution in [0.25, 0.3) is 0 Å². The largest absolute Gasteiger partial charge is 0.377 e. The van der Waals surface area contributed by atoms with Crippen molar-refractivity contribution in [2.75, 3.05) is 13.2 Å². The van der Waals surface area contributed by atoms with Gasteiger partial charge in [-0.3, -0.25) is 4.98 Å². The van der Waals surface area contributed by atoms with Gasteiger partial charge in [-0.2, -0.15) is 0 Å². The Morgan fingerprint density at radius 2 is 2.11 bits per heavy atom. The van der Waals surface area contributed by atoms with Gasteiger partial charge in [0.05, 0.1) is 6.10 Å². The van der Waals surface area contributed by atoms with Crippen LogP contribution >= 0.6 is 15.9 Å². The molecule has 3 nitrogen and oxygen atoms in total. The van der Waals surface area contributed by atoms with Crippen molar-refractivity contribution in [3.8, 4) is 0 Å². The summed E-state index contributed by atoms with van der Waals surface area (Å²) in [5.74, 6) is 0. The first-order valence-electron chi connectivity index (χ1n) is 7.16. The lowest BCUT2D eigenvalue weighted by molar-refractivity contribution is 0.0283. The highest BCUT2D eigenvalue weighted by molar-refractivity contribution is 9.10. The van der Waals surface area contributed by atoms with Gasteiger partial charge in [-0.25, -0.2) is 0 Å². The summed E-state index contributed by atoms with van der Waals surface area (Å²) in [5, 5.41) is 3.54. The van der Waals surface area contributed by atoms with E-state index in [1.165, 1.54) is 0 Å². The SMILES string of the molecule is CCCC(OCC)C(Cc1ccc(Br)cn1)NCC. The fourth-order valence-corrected chi connectivity index (χ4v) is 2.48. The zero-order chi connectivity index (χ0) is 14.1. The van der Waals surface area contributed by atoms with Crippen molar-refractivity contribution >= 4 is 15.9 Å². The highest BCUT2D eigenvalue weighted by Crippen LogP contribution is 2.14. The second-order valence-electron chi connectivity index (χ2n) is 4.62. The summed E-state index contributed by atoms with van der Waals surface area (Å²) in [6, 6.07) is 4.45. The average Bonchev–Trinajstić information content (AvgIpc) is 2.40. The molecule has 4 heteroatoms. The maximum absolute atomic E-state index is 5.89. The van der Waals surface area contributed by atoms with Crippen LogP contribution in [-0.2, 0) is 11.2 Å². The maximum Gasteiger partial charge on any atom is 0.0731 e. The van der Waals surface area contributed by atoms with Crippen molar-refractivity contribution in [3.05, 3.63) is 28.5 Å². The number of nitrogens with one attached hydrogen (secondary N) is 1. The Morgan fingerprint density at radius 1 is 1.32 bits per heavy atom. The molecule has 0 aromatic carbocycles. The molecule has 19 heavy (non-hydrogen) atoms. The van der Waals surface area contributed by atoms with Gasteiger partial charge in [-0.05, 0) is 48.0 Å². The molecule has 1 N–H and O–H groups in total. The minimum absolute atomic E-state index is 0.264. The highest BCUT2D eigenvalue weighted by atomic mass is 79.9. The Kier molecular flexibility index (Phi) is 8.26. The van der Waals surface area contributed by atoms with Gasteiger partial charge in [-0.1, -0.05) is 20.3 Å². The van der Waals surface area contributed by atoms with E-state index in [0.717, 1.165) is 42.6 Å². The predicted molar refractivity (Wildman–Crippen MR) is 83.4 cm³/mol. The van der Waals surface area contributed by atoms with E-state index in [0.29, 0.717) is 6.04 Å². The fourth-order valence-electron chi connectivity index (χ4n) is 2.25. The first kappa shape index (κ1) is 16.6. The molecule has 1 heterocycles. The lowest BCUT2D eigenvalue weighted by atomic mass is 10.0. The topological polar surface area (TPSA) is 34.1 Å². The molecule has 0 bridgehead atoms. The van der Waals surface area contributed by atoms with E-state index in [4.69, 9.17) is 4.74 Å². The van der Waals surface area contributed by atoms with Gasteiger partial charge in [0.2, 0.25) is 0 Å². The third-order valence-corrected chi connectivity index (χ3v) is 3.56. The zero-order valence-corrected chi connectivity index (χ0v) is 13.7. The van der Waals surface area contributed by atoms with E-state index in [2.05, 4.69) is 53.1 Å². The second kappa shape index (κ2) is 9.45. The summed E-state index contributed by atoms with van der Waals surface area (Å²) in [6.45, 7) is 8.11. The number of halogens is 1. The first-order chi connectivity index (χ1) is 9.21. The molecule has 0 saturated carbocycles. The molecule has 0 fully saturated rings.